The maximum absolute atomic E-state index is 13.5. The van der Waals surface area contributed by atoms with E-state index in [0.717, 1.165) is 5.56 Å². The molecule has 21 heavy (non-hydrogen) atoms. The molecule has 0 bridgehead atoms. The van der Waals surface area contributed by atoms with Crippen LogP contribution < -0.4 is 0 Å². The number of benzene rings is 2. The normalized spacial score (nSPS) is 11.4. The summed E-state index contributed by atoms with van der Waals surface area (Å²) >= 11 is 0. The van der Waals surface area contributed by atoms with Crippen molar-refractivity contribution in [2.45, 2.75) is 39.0 Å². The number of halogens is 1. The summed E-state index contributed by atoms with van der Waals surface area (Å²) in [5, 5.41) is 0. The van der Waals surface area contributed by atoms with Crippen molar-refractivity contribution in [1.29, 1.82) is 0 Å². The predicted octanol–water partition coefficient (Wildman–Crippen LogP) is 4.48. The zero-order valence-corrected chi connectivity index (χ0v) is 12.8. The minimum Gasteiger partial charge on any atom is -0.299 e. The van der Waals surface area contributed by atoms with E-state index in [2.05, 4.69) is 32.9 Å². The highest BCUT2D eigenvalue weighted by molar-refractivity contribution is 5.83. The van der Waals surface area contributed by atoms with E-state index >= 15 is 0 Å². The third kappa shape index (κ3) is 4.25. The summed E-state index contributed by atoms with van der Waals surface area (Å²) in [6, 6.07) is 14.5. The zero-order chi connectivity index (χ0) is 15.5. The Hall–Kier alpha value is -1.96. The molecule has 0 atom stereocenters. The lowest BCUT2D eigenvalue weighted by Crippen LogP contribution is -2.11. The van der Waals surface area contributed by atoms with Crippen LogP contribution in [0.4, 0.5) is 4.39 Å². The topological polar surface area (TPSA) is 17.1 Å². The third-order valence-corrected chi connectivity index (χ3v) is 3.57. The number of rotatable bonds is 4. The van der Waals surface area contributed by atoms with E-state index < -0.39 is 0 Å². The lowest BCUT2D eigenvalue weighted by Gasteiger charge is -2.19. The number of carbonyl (C=O) groups is 1. The number of hydrogen-bond donors (Lipinski definition) is 0. The zero-order valence-electron chi connectivity index (χ0n) is 12.8. The van der Waals surface area contributed by atoms with Gasteiger partial charge in [-0.15, -0.1) is 0 Å². The Morgan fingerprint density at radius 3 is 2.14 bits per heavy atom. The molecular formula is C19H21FO. The Morgan fingerprint density at radius 2 is 1.57 bits per heavy atom. The average molecular weight is 284 g/mol. The van der Waals surface area contributed by atoms with E-state index in [9.17, 15) is 9.18 Å². The molecule has 2 heteroatoms. The fourth-order valence-electron chi connectivity index (χ4n) is 2.27. The second-order valence-corrected chi connectivity index (χ2v) is 6.43. The van der Waals surface area contributed by atoms with Crippen molar-refractivity contribution < 1.29 is 9.18 Å². The molecule has 0 aliphatic heterocycles. The van der Waals surface area contributed by atoms with Gasteiger partial charge in [-0.25, -0.2) is 4.39 Å². The van der Waals surface area contributed by atoms with Crippen molar-refractivity contribution in [3.63, 3.8) is 0 Å². The average Bonchev–Trinajstić information content (AvgIpc) is 2.41. The lowest BCUT2D eigenvalue weighted by atomic mass is 9.86. The standard InChI is InChI=1S/C19H21FO/c1-19(2,3)16-10-8-14(9-11-16)12-17(21)13-15-6-4-5-7-18(15)20/h4-11H,12-13H2,1-3H3. The van der Waals surface area contributed by atoms with E-state index in [4.69, 9.17) is 0 Å². The van der Waals surface area contributed by atoms with E-state index in [1.54, 1.807) is 18.2 Å². The maximum atomic E-state index is 13.5. The van der Waals surface area contributed by atoms with Gasteiger partial charge in [-0.2, -0.15) is 0 Å². The van der Waals surface area contributed by atoms with Crippen molar-refractivity contribution in [2.75, 3.05) is 0 Å². The number of ketones is 1. The molecule has 0 saturated carbocycles. The van der Waals surface area contributed by atoms with Gasteiger partial charge in [0.25, 0.3) is 0 Å². The lowest BCUT2D eigenvalue weighted by molar-refractivity contribution is -0.117. The first-order valence-electron chi connectivity index (χ1n) is 7.21. The number of Topliss-reactive ketones (excluding diaryl/α,β-unsaturated/α-hetero) is 1. The molecule has 0 fully saturated rings. The first kappa shape index (κ1) is 15.4. The molecule has 2 aromatic carbocycles. The summed E-state index contributed by atoms with van der Waals surface area (Å²) in [4.78, 5) is 12.0. The second kappa shape index (κ2) is 6.21. The van der Waals surface area contributed by atoms with Crippen LogP contribution in [0.3, 0.4) is 0 Å². The molecule has 0 radical (unpaired) electrons. The fraction of sp³-hybridized carbons (Fsp3) is 0.316. The van der Waals surface area contributed by atoms with Crippen LogP contribution in [0, 0.1) is 5.82 Å². The molecule has 0 aliphatic rings. The highest BCUT2D eigenvalue weighted by atomic mass is 19.1. The highest BCUT2D eigenvalue weighted by Gasteiger charge is 2.14. The van der Waals surface area contributed by atoms with Crippen LogP contribution in [-0.2, 0) is 23.1 Å². The van der Waals surface area contributed by atoms with Crippen LogP contribution in [0.2, 0.25) is 0 Å². The van der Waals surface area contributed by atoms with Gasteiger partial charge in [0.05, 0.1) is 0 Å². The Morgan fingerprint density at radius 1 is 0.952 bits per heavy atom. The van der Waals surface area contributed by atoms with Gasteiger partial charge in [-0.1, -0.05) is 63.2 Å². The molecular weight excluding hydrogens is 263 g/mol. The number of hydrogen-bond acceptors (Lipinski definition) is 1. The first-order chi connectivity index (χ1) is 9.86. The van der Waals surface area contributed by atoms with E-state index in [1.165, 1.54) is 11.6 Å². The second-order valence-electron chi connectivity index (χ2n) is 6.43. The molecule has 0 heterocycles. The van der Waals surface area contributed by atoms with Crippen LogP contribution in [0.5, 0.6) is 0 Å². The molecule has 0 amide bonds. The van der Waals surface area contributed by atoms with Gasteiger partial charge in [0.1, 0.15) is 11.6 Å². The number of carbonyl (C=O) groups excluding carboxylic acids is 1. The quantitative estimate of drug-likeness (QED) is 0.809. The van der Waals surface area contributed by atoms with Crippen LogP contribution in [0.25, 0.3) is 0 Å². The Balaban J connectivity index is 2.02. The van der Waals surface area contributed by atoms with Gasteiger partial charge >= 0.3 is 0 Å². The molecule has 0 spiro atoms. The SMILES string of the molecule is CC(C)(C)c1ccc(CC(=O)Cc2ccccc2F)cc1. The van der Waals surface area contributed by atoms with E-state index in [-0.39, 0.29) is 23.4 Å². The van der Waals surface area contributed by atoms with Crippen LogP contribution in [-0.4, -0.2) is 5.78 Å². The molecule has 2 aromatic rings. The van der Waals surface area contributed by atoms with Gasteiger partial charge in [0.2, 0.25) is 0 Å². The van der Waals surface area contributed by atoms with E-state index in [1.807, 2.05) is 12.1 Å². The third-order valence-electron chi connectivity index (χ3n) is 3.57. The largest absolute Gasteiger partial charge is 0.299 e. The Labute approximate surface area is 125 Å². The van der Waals surface area contributed by atoms with Gasteiger partial charge in [-0.05, 0) is 28.2 Å². The monoisotopic (exact) mass is 284 g/mol. The molecule has 0 aliphatic carbocycles. The van der Waals surface area contributed by atoms with Gasteiger partial charge in [-0.3, -0.25) is 4.79 Å². The van der Waals surface area contributed by atoms with E-state index in [0.29, 0.717) is 12.0 Å². The molecule has 0 saturated heterocycles. The summed E-state index contributed by atoms with van der Waals surface area (Å²) in [6.45, 7) is 6.47. The first-order valence-corrected chi connectivity index (χ1v) is 7.21. The van der Waals surface area contributed by atoms with Crippen molar-refractivity contribution in [1.82, 2.24) is 0 Å². The van der Waals surface area contributed by atoms with Crippen molar-refractivity contribution in [2.24, 2.45) is 0 Å². The smallest absolute Gasteiger partial charge is 0.141 e. The molecule has 1 nitrogen and oxygen atoms in total. The molecule has 0 aromatic heterocycles. The fourth-order valence-corrected chi connectivity index (χ4v) is 2.27. The summed E-state index contributed by atoms with van der Waals surface area (Å²) in [7, 11) is 0. The van der Waals surface area contributed by atoms with Gasteiger partial charge in [0, 0.05) is 12.8 Å². The van der Waals surface area contributed by atoms with Crippen LogP contribution >= 0.6 is 0 Å². The van der Waals surface area contributed by atoms with Crippen LogP contribution in [0.15, 0.2) is 48.5 Å². The summed E-state index contributed by atoms with van der Waals surface area (Å²) in [5.74, 6) is -0.280. The molecule has 0 N–H and O–H groups in total. The minimum absolute atomic E-state index is 0.0311. The molecule has 0 unspecified atom stereocenters. The Bertz CT molecular complexity index is 621. The van der Waals surface area contributed by atoms with Crippen molar-refractivity contribution in [3.8, 4) is 0 Å². The van der Waals surface area contributed by atoms with Crippen LogP contribution in [0.1, 0.15) is 37.5 Å². The highest BCUT2D eigenvalue weighted by Crippen LogP contribution is 2.22. The van der Waals surface area contributed by atoms with Gasteiger partial charge in [0.15, 0.2) is 0 Å². The summed E-state index contributed by atoms with van der Waals surface area (Å²) in [5.41, 5.74) is 2.79. The molecule has 2 rings (SSSR count). The summed E-state index contributed by atoms with van der Waals surface area (Å²) < 4.78 is 13.5. The minimum atomic E-state index is -0.311. The Kier molecular flexibility index (Phi) is 4.56. The summed E-state index contributed by atoms with van der Waals surface area (Å²) in [6.07, 6.45) is 0.493. The predicted molar refractivity (Wildman–Crippen MR) is 84.0 cm³/mol. The van der Waals surface area contributed by atoms with Crippen molar-refractivity contribution >= 4 is 5.78 Å². The van der Waals surface area contributed by atoms with Crippen molar-refractivity contribution in [3.05, 3.63) is 71.0 Å². The maximum Gasteiger partial charge on any atom is 0.141 e. The van der Waals surface area contributed by atoms with Gasteiger partial charge < -0.3 is 0 Å². The molecule has 110 valence electrons.